The third-order valence-electron chi connectivity index (χ3n) is 1.46. The molecule has 0 unspecified atom stereocenters. The van der Waals surface area contributed by atoms with Crippen LogP contribution in [0.4, 0.5) is 0 Å². The van der Waals surface area contributed by atoms with Crippen molar-refractivity contribution in [3.8, 4) is 0 Å². The molecule has 0 aromatic heterocycles. The molecule has 62 valence electrons. The molecule has 11 heavy (non-hydrogen) atoms. The monoisotopic (exact) mass is 155 g/mol. The minimum absolute atomic E-state index is 0.405. The first-order valence-corrected chi connectivity index (χ1v) is 3.37. The van der Waals surface area contributed by atoms with Gasteiger partial charge in [-0.15, -0.1) is 0 Å². The van der Waals surface area contributed by atoms with E-state index in [2.05, 4.69) is 9.98 Å². The van der Waals surface area contributed by atoms with Crippen LogP contribution in [-0.2, 0) is 0 Å². The number of hydrogen-bond acceptors (Lipinski definition) is 5. The molecule has 1 aliphatic rings. The molecule has 0 radical (unpaired) electrons. The summed E-state index contributed by atoms with van der Waals surface area (Å²) in [5, 5.41) is 0. The zero-order valence-corrected chi connectivity index (χ0v) is 7.00. The maximum absolute atomic E-state index is 5.56. The van der Waals surface area contributed by atoms with Gasteiger partial charge < -0.3 is 11.5 Å². The van der Waals surface area contributed by atoms with Gasteiger partial charge in [0.1, 0.15) is 0 Å². The maximum atomic E-state index is 5.56. The van der Waals surface area contributed by atoms with E-state index in [-0.39, 0.29) is 0 Å². The van der Waals surface area contributed by atoms with Crippen LogP contribution in [0, 0.1) is 0 Å². The van der Waals surface area contributed by atoms with Crippen LogP contribution in [0.5, 0.6) is 0 Å². The zero-order chi connectivity index (χ0) is 8.65. The number of guanidine groups is 2. The molecule has 0 aromatic carbocycles. The highest BCUT2D eigenvalue weighted by Gasteiger charge is 2.23. The molecule has 5 nitrogen and oxygen atoms in total. The van der Waals surface area contributed by atoms with Crippen molar-refractivity contribution in [2.45, 2.75) is 19.5 Å². The Kier molecular flexibility index (Phi) is 1.51. The normalized spacial score (nSPS) is 22.6. The molecule has 0 bridgehead atoms. The molecule has 0 atom stereocenters. The van der Waals surface area contributed by atoms with E-state index in [1.807, 2.05) is 13.8 Å². The van der Waals surface area contributed by atoms with E-state index >= 15 is 0 Å². The third-order valence-corrected chi connectivity index (χ3v) is 1.46. The second-order valence-electron chi connectivity index (χ2n) is 2.99. The Morgan fingerprint density at radius 2 is 1.55 bits per heavy atom. The largest absolute Gasteiger partial charge is 0.369 e. The van der Waals surface area contributed by atoms with E-state index in [9.17, 15) is 0 Å². The van der Waals surface area contributed by atoms with E-state index in [0.29, 0.717) is 11.9 Å². The van der Waals surface area contributed by atoms with Crippen molar-refractivity contribution in [1.29, 1.82) is 0 Å². The van der Waals surface area contributed by atoms with E-state index in [0.717, 1.165) is 0 Å². The summed E-state index contributed by atoms with van der Waals surface area (Å²) in [6, 6.07) is 0. The van der Waals surface area contributed by atoms with Crippen molar-refractivity contribution in [1.82, 2.24) is 4.90 Å². The molecule has 0 saturated carbocycles. The van der Waals surface area contributed by atoms with Gasteiger partial charge in [0, 0.05) is 7.05 Å². The lowest BCUT2D eigenvalue weighted by Crippen LogP contribution is -2.48. The Morgan fingerprint density at radius 3 is 1.91 bits per heavy atom. The molecule has 0 aromatic rings. The van der Waals surface area contributed by atoms with Gasteiger partial charge >= 0.3 is 0 Å². The molecular formula is C6H13N5. The highest BCUT2D eigenvalue weighted by Crippen LogP contribution is 2.14. The summed E-state index contributed by atoms with van der Waals surface area (Å²) in [5.41, 5.74) is 10.6. The van der Waals surface area contributed by atoms with Crippen molar-refractivity contribution in [3.05, 3.63) is 0 Å². The van der Waals surface area contributed by atoms with Crippen LogP contribution < -0.4 is 11.5 Å². The fourth-order valence-electron chi connectivity index (χ4n) is 0.853. The standard InChI is InChI=1S/C6H13N5/c1-6(2)9-4(7)11(3)5(8)10-6/h1-3H3,(H2,7,9)(H2,8,10). The van der Waals surface area contributed by atoms with Gasteiger partial charge in [-0.1, -0.05) is 0 Å². The molecular weight excluding hydrogens is 142 g/mol. The molecule has 1 rings (SSSR count). The molecule has 0 saturated heterocycles. The van der Waals surface area contributed by atoms with Crippen LogP contribution in [-0.4, -0.2) is 29.5 Å². The van der Waals surface area contributed by atoms with Gasteiger partial charge in [-0.3, -0.25) is 4.90 Å². The Labute approximate surface area is 65.8 Å². The third kappa shape index (κ3) is 1.42. The predicted molar refractivity (Wildman–Crippen MR) is 45.1 cm³/mol. The average Bonchev–Trinajstić information content (AvgIpc) is 1.81. The van der Waals surface area contributed by atoms with Crippen molar-refractivity contribution in [2.24, 2.45) is 21.5 Å². The first-order chi connectivity index (χ1) is 4.92. The summed E-state index contributed by atoms with van der Waals surface area (Å²) in [4.78, 5) is 9.74. The van der Waals surface area contributed by atoms with Gasteiger partial charge in [0.15, 0.2) is 17.6 Å². The van der Waals surface area contributed by atoms with E-state index in [1.54, 1.807) is 11.9 Å². The van der Waals surface area contributed by atoms with Gasteiger partial charge in [0.25, 0.3) is 0 Å². The lowest BCUT2D eigenvalue weighted by Gasteiger charge is -2.27. The summed E-state index contributed by atoms with van der Waals surface area (Å²) in [5.74, 6) is 0.810. The number of aliphatic imine (C=N–C) groups is 2. The highest BCUT2D eigenvalue weighted by atomic mass is 15.4. The van der Waals surface area contributed by atoms with Gasteiger partial charge in [0.2, 0.25) is 0 Å². The molecule has 4 N–H and O–H groups in total. The lowest BCUT2D eigenvalue weighted by molar-refractivity contribution is 0.505. The van der Waals surface area contributed by atoms with E-state index < -0.39 is 5.66 Å². The Bertz CT molecular complexity index is 205. The molecule has 0 aliphatic carbocycles. The number of rotatable bonds is 0. The molecule has 5 heteroatoms. The first-order valence-electron chi connectivity index (χ1n) is 3.37. The quantitative estimate of drug-likeness (QED) is 0.485. The zero-order valence-electron chi connectivity index (χ0n) is 7.00. The van der Waals surface area contributed by atoms with Crippen LogP contribution in [0.15, 0.2) is 9.98 Å². The average molecular weight is 155 g/mol. The topological polar surface area (TPSA) is 80.0 Å². The van der Waals surface area contributed by atoms with Crippen LogP contribution >= 0.6 is 0 Å². The molecule has 0 spiro atoms. The summed E-state index contributed by atoms with van der Waals surface area (Å²) < 4.78 is 0. The molecule has 0 amide bonds. The molecule has 1 aliphatic heterocycles. The Balaban J connectivity index is 2.98. The van der Waals surface area contributed by atoms with Crippen molar-refractivity contribution in [2.75, 3.05) is 7.05 Å². The highest BCUT2D eigenvalue weighted by molar-refractivity contribution is 5.98. The second-order valence-corrected chi connectivity index (χ2v) is 2.99. The summed E-state index contributed by atoms with van der Waals surface area (Å²) in [6.45, 7) is 3.69. The van der Waals surface area contributed by atoms with Crippen molar-refractivity contribution < 1.29 is 0 Å². The van der Waals surface area contributed by atoms with Crippen LogP contribution in [0.2, 0.25) is 0 Å². The summed E-state index contributed by atoms with van der Waals surface area (Å²) in [7, 11) is 1.73. The summed E-state index contributed by atoms with van der Waals surface area (Å²) >= 11 is 0. The van der Waals surface area contributed by atoms with Crippen LogP contribution in [0.1, 0.15) is 13.8 Å². The molecule has 0 fully saturated rings. The maximum Gasteiger partial charge on any atom is 0.200 e. The number of nitrogens with two attached hydrogens (primary N) is 2. The fraction of sp³-hybridized carbons (Fsp3) is 0.667. The van der Waals surface area contributed by atoms with Crippen LogP contribution in [0.3, 0.4) is 0 Å². The van der Waals surface area contributed by atoms with Crippen molar-refractivity contribution in [3.63, 3.8) is 0 Å². The number of nitrogens with zero attached hydrogens (tertiary/aromatic N) is 3. The minimum atomic E-state index is -0.513. The van der Waals surface area contributed by atoms with E-state index in [1.165, 1.54) is 0 Å². The SMILES string of the molecule is CN1C(N)=NC(C)(C)N=C1N. The summed E-state index contributed by atoms with van der Waals surface area (Å²) in [6.07, 6.45) is 0. The van der Waals surface area contributed by atoms with E-state index in [4.69, 9.17) is 11.5 Å². The Hall–Kier alpha value is -1.26. The lowest BCUT2D eigenvalue weighted by atomic mass is 10.2. The smallest absolute Gasteiger partial charge is 0.200 e. The van der Waals surface area contributed by atoms with Crippen LogP contribution in [0.25, 0.3) is 0 Å². The fourth-order valence-corrected chi connectivity index (χ4v) is 0.853. The van der Waals surface area contributed by atoms with Gasteiger partial charge in [0.05, 0.1) is 0 Å². The minimum Gasteiger partial charge on any atom is -0.369 e. The second kappa shape index (κ2) is 2.11. The van der Waals surface area contributed by atoms with Gasteiger partial charge in [-0.2, -0.15) is 0 Å². The van der Waals surface area contributed by atoms with Gasteiger partial charge in [-0.25, -0.2) is 9.98 Å². The molecule has 1 heterocycles. The van der Waals surface area contributed by atoms with Crippen molar-refractivity contribution >= 4 is 11.9 Å². The Morgan fingerprint density at radius 1 is 1.18 bits per heavy atom. The number of hydrogen-bond donors (Lipinski definition) is 2. The first kappa shape index (κ1) is 7.84. The predicted octanol–water partition coefficient (Wildman–Crippen LogP) is -0.703. The van der Waals surface area contributed by atoms with Gasteiger partial charge in [-0.05, 0) is 13.8 Å².